The summed E-state index contributed by atoms with van der Waals surface area (Å²) in [6, 6.07) is 5.04. The van der Waals surface area contributed by atoms with E-state index in [9.17, 15) is 14.4 Å². The number of carboxylic acids is 1. The molecule has 0 aromatic heterocycles. The molecule has 0 spiro atoms. The molecule has 0 fully saturated rings. The van der Waals surface area contributed by atoms with E-state index in [1.807, 2.05) is 6.92 Å². The Bertz CT molecular complexity index is 564. The number of anilines is 2. The van der Waals surface area contributed by atoms with Crippen molar-refractivity contribution in [1.29, 1.82) is 0 Å². The molecule has 0 atom stereocenters. The molecule has 0 bridgehead atoms. The summed E-state index contributed by atoms with van der Waals surface area (Å²) in [6.45, 7) is 3.58. The molecule has 0 unspecified atom stereocenters. The standard InChI is InChI=1S/C14H16N2O4/c1-3-12(17)16-11-8-10(5-4-9(11)2)15-13(18)6-7-14(19)20/h4-8H,3H2,1-2H3,(H,15,18)(H,16,17)(H,19,20)/b7-6+. The second kappa shape index (κ2) is 7.08. The number of amides is 2. The first-order valence-corrected chi connectivity index (χ1v) is 6.05. The molecule has 0 aliphatic carbocycles. The van der Waals surface area contributed by atoms with Gasteiger partial charge in [0.1, 0.15) is 0 Å². The molecule has 0 radical (unpaired) electrons. The largest absolute Gasteiger partial charge is 0.478 e. The highest BCUT2D eigenvalue weighted by atomic mass is 16.4. The van der Waals surface area contributed by atoms with Crippen molar-refractivity contribution in [1.82, 2.24) is 0 Å². The summed E-state index contributed by atoms with van der Waals surface area (Å²) in [4.78, 5) is 33.1. The van der Waals surface area contributed by atoms with E-state index in [1.54, 1.807) is 25.1 Å². The fourth-order valence-electron chi connectivity index (χ4n) is 1.40. The summed E-state index contributed by atoms with van der Waals surface area (Å²) in [7, 11) is 0. The van der Waals surface area contributed by atoms with Gasteiger partial charge in [0.05, 0.1) is 0 Å². The van der Waals surface area contributed by atoms with Crippen molar-refractivity contribution in [3.63, 3.8) is 0 Å². The third-order valence-corrected chi connectivity index (χ3v) is 2.48. The van der Waals surface area contributed by atoms with E-state index in [0.717, 1.165) is 17.7 Å². The van der Waals surface area contributed by atoms with Crippen molar-refractivity contribution in [2.45, 2.75) is 20.3 Å². The fourth-order valence-corrected chi connectivity index (χ4v) is 1.40. The van der Waals surface area contributed by atoms with Gasteiger partial charge in [0.25, 0.3) is 0 Å². The molecular weight excluding hydrogens is 260 g/mol. The lowest BCUT2D eigenvalue weighted by molar-refractivity contribution is -0.131. The maximum Gasteiger partial charge on any atom is 0.328 e. The summed E-state index contributed by atoms with van der Waals surface area (Å²) in [5.41, 5.74) is 1.95. The van der Waals surface area contributed by atoms with Gasteiger partial charge in [-0.2, -0.15) is 0 Å². The van der Waals surface area contributed by atoms with Gasteiger partial charge < -0.3 is 15.7 Å². The van der Waals surface area contributed by atoms with E-state index >= 15 is 0 Å². The van der Waals surface area contributed by atoms with Crippen LogP contribution in [0.3, 0.4) is 0 Å². The molecular formula is C14H16N2O4. The molecule has 0 saturated carbocycles. The fraction of sp³-hybridized carbons (Fsp3) is 0.214. The normalized spacial score (nSPS) is 10.3. The molecule has 20 heavy (non-hydrogen) atoms. The van der Waals surface area contributed by atoms with E-state index in [0.29, 0.717) is 17.8 Å². The quantitative estimate of drug-likeness (QED) is 0.716. The number of aliphatic carboxylic acids is 1. The third-order valence-electron chi connectivity index (χ3n) is 2.48. The molecule has 106 valence electrons. The number of benzene rings is 1. The van der Waals surface area contributed by atoms with Gasteiger partial charge in [-0.05, 0) is 24.6 Å². The topological polar surface area (TPSA) is 95.5 Å². The van der Waals surface area contributed by atoms with E-state index in [1.165, 1.54) is 0 Å². The summed E-state index contributed by atoms with van der Waals surface area (Å²) >= 11 is 0. The minimum Gasteiger partial charge on any atom is -0.478 e. The highest BCUT2D eigenvalue weighted by Gasteiger charge is 2.05. The molecule has 1 aromatic rings. The highest BCUT2D eigenvalue weighted by molar-refractivity contribution is 6.02. The van der Waals surface area contributed by atoms with Crippen molar-refractivity contribution in [2.24, 2.45) is 0 Å². The Balaban J connectivity index is 2.82. The Hall–Kier alpha value is -2.63. The summed E-state index contributed by atoms with van der Waals surface area (Å²) in [5, 5.41) is 13.7. The second-order valence-corrected chi connectivity index (χ2v) is 4.09. The molecule has 0 aliphatic heterocycles. The van der Waals surface area contributed by atoms with E-state index in [4.69, 9.17) is 5.11 Å². The van der Waals surface area contributed by atoms with Gasteiger partial charge in [-0.15, -0.1) is 0 Å². The molecule has 1 rings (SSSR count). The lowest BCUT2D eigenvalue weighted by Crippen LogP contribution is -2.12. The van der Waals surface area contributed by atoms with Crippen LogP contribution in [0.5, 0.6) is 0 Å². The number of hydrogen-bond acceptors (Lipinski definition) is 3. The van der Waals surface area contributed by atoms with Crippen molar-refractivity contribution >= 4 is 29.2 Å². The van der Waals surface area contributed by atoms with Gasteiger partial charge in [-0.25, -0.2) is 4.79 Å². The predicted molar refractivity (Wildman–Crippen MR) is 75.5 cm³/mol. The minimum absolute atomic E-state index is 0.123. The molecule has 3 N–H and O–H groups in total. The maximum absolute atomic E-state index is 11.4. The predicted octanol–water partition coefficient (Wildman–Crippen LogP) is 1.92. The number of carbonyl (C=O) groups is 3. The SMILES string of the molecule is CCC(=O)Nc1cc(NC(=O)/C=C/C(=O)O)ccc1C. The van der Waals surface area contributed by atoms with Gasteiger partial charge in [0, 0.05) is 29.9 Å². The summed E-state index contributed by atoms with van der Waals surface area (Å²) in [6.07, 6.45) is 2.03. The van der Waals surface area contributed by atoms with Crippen molar-refractivity contribution in [3.8, 4) is 0 Å². The molecule has 0 saturated heterocycles. The minimum atomic E-state index is -1.19. The van der Waals surface area contributed by atoms with Crippen molar-refractivity contribution in [3.05, 3.63) is 35.9 Å². The molecule has 1 aromatic carbocycles. The Morgan fingerprint density at radius 2 is 1.90 bits per heavy atom. The number of rotatable bonds is 5. The van der Waals surface area contributed by atoms with Gasteiger partial charge >= 0.3 is 5.97 Å². The lowest BCUT2D eigenvalue weighted by Gasteiger charge is -2.10. The van der Waals surface area contributed by atoms with Crippen LogP contribution in [0.4, 0.5) is 11.4 Å². The van der Waals surface area contributed by atoms with Crippen LogP contribution >= 0.6 is 0 Å². The lowest BCUT2D eigenvalue weighted by atomic mass is 10.1. The van der Waals surface area contributed by atoms with Gasteiger partial charge in [0.15, 0.2) is 0 Å². The van der Waals surface area contributed by atoms with Gasteiger partial charge in [0.2, 0.25) is 11.8 Å². The maximum atomic E-state index is 11.4. The van der Waals surface area contributed by atoms with Gasteiger partial charge in [-0.3, -0.25) is 9.59 Å². The Morgan fingerprint density at radius 3 is 2.50 bits per heavy atom. The van der Waals surface area contributed by atoms with Crippen LogP contribution in [0.25, 0.3) is 0 Å². The van der Waals surface area contributed by atoms with Gasteiger partial charge in [-0.1, -0.05) is 13.0 Å². The zero-order valence-electron chi connectivity index (χ0n) is 11.3. The first-order chi connectivity index (χ1) is 9.42. The first kappa shape index (κ1) is 15.4. The van der Waals surface area contributed by atoms with Crippen LogP contribution in [-0.4, -0.2) is 22.9 Å². The number of carbonyl (C=O) groups excluding carboxylic acids is 2. The molecule has 0 heterocycles. The van der Waals surface area contributed by atoms with Crippen LogP contribution in [0, 0.1) is 6.92 Å². The molecule has 6 nitrogen and oxygen atoms in total. The number of aryl methyl sites for hydroxylation is 1. The number of carboxylic acid groups (broad SMARTS) is 1. The smallest absolute Gasteiger partial charge is 0.328 e. The van der Waals surface area contributed by atoms with Crippen molar-refractivity contribution in [2.75, 3.05) is 10.6 Å². The second-order valence-electron chi connectivity index (χ2n) is 4.09. The monoisotopic (exact) mass is 276 g/mol. The zero-order valence-corrected chi connectivity index (χ0v) is 11.3. The average molecular weight is 276 g/mol. The Labute approximate surface area is 116 Å². The van der Waals surface area contributed by atoms with Crippen LogP contribution < -0.4 is 10.6 Å². The van der Waals surface area contributed by atoms with Crippen LogP contribution in [0.2, 0.25) is 0 Å². The highest BCUT2D eigenvalue weighted by Crippen LogP contribution is 2.20. The third kappa shape index (κ3) is 4.93. The Morgan fingerprint density at radius 1 is 1.20 bits per heavy atom. The van der Waals surface area contributed by atoms with Crippen molar-refractivity contribution < 1.29 is 19.5 Å². The van der Waals surface area contributed by atoms with E-state index in [2.05, 4.69) is 10.6 Å². The Kier molecular flexibility index (Phi) is 5.46. The average Bonchev–Trinajstić information content (AvgIpc) is 2.40. The van der Waals surface area contributed by atoms with E-state index in [-0.39, 0.29) is 5.91 Å². The van der Waals surface area contributed by atoms with E-state index < -0.39 is 11.9 Å². The van der Waals surface area contributed by atoms with Crippen LogP contribution in [0.15, 0.2) is 30.4 Å². The first-order valence-electron chi connectivity index (χ1n) is 6.05. The summed E-state index contributed by atoms with van der Waals surface area (Å²) in [5.74, 6) is -1.87. The van der Waals surface area contributed by atoms with Crippen LogP contribution in [-0.2, 0) is 14.4 Å². The zero-order chi connectivity index (χ0) is 15.1. The molecule has 2 amide bonds. The van der Waals surface area contributed by atoms with Crippen LogP contribution in [0.1, 0.15) is 18.9 Å². The number of nitrogens with one attached hydrogen (secondary N) is 2. The number of hydrogen-bond donors (Lipinski definition) is 3. The summed E-state index contributed by atoms with van der Waals surface area (Å²) < 4.78 is 0. The molecule has 6 heteroatoms. The molecule has 0 aliphatic rings.